The smallest absolute Gasteiger partial charge is 0.152 e. The SMILES string of the molecule is O=C(CSC1=NNC(C2=NCCCC2)S1)C1CCCC(F)C1. The van der Waals surface area contributed by atoms with E-state index < -0.39 is 6.17 Å². The molecule has 122 valence electrons. The Hall–Kier alpha value is -0.560. The maximum Gasteiger partial charge on any atom is 0.152 e. The number of carbonyl (C=O) groups excluding carboxylic acids is 1. The number of thioether (sulfide) groups is 2. The van der Waals surface area contributed by atoms with Crippen LogP contribution in [0.4, 0.5) is 4.39 Å². The number of nitrogens with one attached hydrogen (secondary N) is 1. The van der Waals surface area contributed by atoms with E-state index in [0.717, 1.165) is 30.2 Å². The first-order valence-electron chi connectivity index (χ1n) is 8.05. The molecule has 0 aromatic heterocycles. The average Bonchev–Trinajstić information content (AvgIpc) is 3.02. The molecule has 3 unspecified atom stereocenters. The molecule has 0 radical (unpaired) electrons. The van der Waals surface area contributed by atoms with Gasteiger partial charge in [-0.3, -0.25) is 15.2 Å². The van der Waals surface area contributed by atoms with Gasteiger partial charge in [-0.2, -0.15) is 5.10 Å². The first kappa shape index (κ1) is 16.3. The van der Waals surface area contributed by atoms with Crippen molar-refractivity contribution in [1.82, 2.24) is 5.43 Å². The molecule has 4 nitrogen and oxygen atoms in total. The lowest BCUT2D eigenvalue weighted by atomic mass is 9.86. The van der Waals surface area contributed by atoms with Crippen molar-refractivity contribution in [2.24, 2.45) is 16.0 Å². The molecule has 2 aliphatic heterocycles. The highest BCUT2D eigenvalue weighted by Crippen LogP contribution is 2.31. The van der Waals surface area contributed by atoms with Gasteiger partial charge in [0.15, 0.2) is 4.38 Å². The number of ketones is 1. The van der Waals surface area contributed by atoms with Crippen molar-refractivity contribution in [3.05, 3.63) is 0 Å². The molecule has 0 aromatic carbocycles. The Morgan fingerprint density at radius 1 is 1.36 bits per heavy atom. The molecular formula is C15H22FN3OS2. The van der Waals surface area contributed by atoms with Crippen molar-refractivity contribution in [3.8, 4) is 0 Å². The third-order valence-electron chi connectivity index (χ3n) is 4.35. The fourth-order valence-corrected chi connectivity index (χ4v) is 5.18. The molecule has 1 saturated carbocycles. The van der Waals surface area contributed by atoms with E-state index in [1.54, 1.807) is 11.8 Å². The Balaban J connectivity index is 1.42. The maximum absolute atomic E-state index is 13.4. The molecule has 0 amide bonds. The predicted octanol–water partition coefficient (Wildman–Crippen LogP) is 3.38. The number of hydrogen-bond donors (Lipinski definition) is 1. The topological polar surface area (TPSA) is 53.8 Å². The number of rotatable bonds is 4. The minimum absolute atomic E-state index is 0.0882. The van der Waals surface area contributed by atoms with Crippen LogP contribution in [0.5, 0.6) is 0 Å². The van der Waals surface area contributed by atoms with E-state index in [2.05, 4.69) is 15.5 Å². The zero-order valence-electron chi connectivity index (χ0n) is 12.6. The second kappa shape index (κ2) is 7.81. The van der Waals surface area contributed by atoms with Gasteiger partial charge >= 0.3 is 0 Å². The molecule has 3 aliphatic rings. The number of Topliss-reactive ketones (excluding diaryl/α,β-unsaturated/α-hetero) is 1. The van der Waals surface area contributed by atoms with Crippen molar-refractivity contribution < 1.29 is 9.18 Å². The number of hydrogen-bond acceptors (Lipinski definition) is 6. The zero-order chi connectivity index (χ0) is 15.4. The quantitative estimate of drug-likeness (QED) is 0.850. The third kappa shape index (κ3) is 4.25. The highest BCUT2D eigenvalue weighted by molar-refractivity contribution is 8.39. The summed E-state index contributed by atoms with van der Waals surface area (Å²) in [5.41, 5.74) is 4.30. The van der Waals surface area contributed by atoms with Gasteiger partial charge in [-0.15, -0.1) is 0 Å². The molecule has 2 heterocycles. The van der Waals surface area contributed by atoms with Crippen molar-refractivity contribution in [1.29, 1.82) is 0 Å². The minimum atomic E-state index is -0.791. The first-order chi connectivity index (χ1) is 10.7. The molecule has 0 saturated heterocycles. The lowest BCUT2D eigenvalue weighted by Gasteiger charge is -2.23. The molecule has 0 bridgehead atoms. The molecule has 0 spiro atoms. The van der Waals surface area contributed by atoms with Gasteiger partial charge in [0.05, 0.1) is 5.75 Å². The van der Waals surface area contributed by atoms with Crippen molar-refractivity contribution in [2.75, 3.05) is 12.3 Å². The Kier molecular flexibility index (Phi) is 5.79. The van der Waals surface area contributed by atoms with E-state index in [4.69, 9.17) is 0 Å². The summed E-state index contributed by atoms with van der Waals surface area (Å²) < 4.78 is 14.3. The molecule has 1 fully saturated rings. The third-order valence-corrected chi connectivity index (χ3v) is 6.67. The van der Waals surface area contributed by atoms with Crippen molar-refractivity contribution in [3.63, 3.8) is 0 Å². The van der Waals surface area contributed by atoms with Crippen LogP contribution >= 0.6 is 23.5 Å². The van der Waals surface area contributed by atoms with Gasteiger partial charge in [0.25, 0.3) is 0 Å². The summed E-state index contributed by atoms with van der Waals surface area (Å²) in [5, 5.41) is 4.45. The highest BCUT2D eigenvalue weighted by atomic mass is 32.2. The molecule has 0 aromatic rings. The van der Waals surface area contributed by atoms with Crippen LogP contribution in [0.15, 0.2) is 10.1 Å². The summed E-state index contributed by atoms with van der Waals surface area (Å²) in [7, 11) is 0. The van der Waals surface area contributed by atoms with Crippen LogP contribution in [0, 0.1) is 5.92 Å². The minimum Gasteiger partial charge on any atom is -0.298 e. The van der Waals surface area contributed by atoms with Gasteiger partial charge in [-0.25, -0.2) is 4.39 Å². The Morgan fingerprint density at radius 3 is 3.05 bits per heavy atom. The van der Waals surface area contributed by atoms with Gasteiger partial charge in [0.1, 0.15) is 17.3 Å². The summed E-state index contributed by atoms with van der Waals surface area (Å²) in [6, 6.07) is 0. The Bertz CT molecular complexity index is 483. The van der Waals surface area contributed by atoms with Gasteiger partial charge in [-0.05, 0) is 44.9 Å². The first-order valence-corrected chi connectivity index (χ1v) is 9.91. The van der Waals surface area contributed by atoms with E-state index in [0.29, 0.717) is 18.6 Å². The van der Waals surface area contributed by atoms with Gasteiger partial charge in [-0.1, -0.05) is 23.5 Å². The monoisotopic (exact) mass is 343 g/mol. The van der Waals surface area contributed by atoms with Crippen LogP contribution < -0.4 is 5.43 Å². The summed E-state index contributed by atoms with van der Waals surface area (Å²) >= 11 is 3.13. The second-order valence-corrected chi connectivity index (χ2v) is 8.37. The van der Waals surface area contributed by atoms with Crippen LogP contribution in [0.25, 0.3) is 0 Å². The molecular weight excluding hydrogens is 321 g/mol. The fraction of sp³-hybridized carbons (Fsp3) is 0.800. The number of alkyl halides is 1. The van der Waals surface area contributed by atoms with E-state index in [1.165, 1.54) is 30.3 Å². The standard InChI is InChI=1S/C15H22FN3OS2/c16-11-5-3-4-10(8-11)13(20)9-21-15-19-18-14(22-15)12-6-1-2-7-17-12/h10-11,14,18H,1-9H2. The summed E-state index contributed by atoms with van der Waals surface area (Å²) in [6.45, 7) is 0.918. The Morgan fingerprint density at radius 2 is 2.27 bits per heavy atom. The molecule has 1 N–H and O–H groups in total. The summed E-state index contributed by atoms with van der Waals surface area (Å²) in [4.78, 5) is 16.8. The Labute approximate surface area is 139 Å². The lowest BCUT2D eigenvalue weighted by molar-refractivity contribution is -0.121. The molecule has 22 heavy (non-hydrogen) atoms. The van der Waals surface area contributed by atoms with Gasteiger partial charge < -0.3 is 0 Å². The summed E-state index contributed by atoms with van der Waals surface area (Å²) in [5.74, 6) is 0.494. The second-order valence-electron chi connectivity index (χ2n) is 6.05. The maximum atomic E-state index is 13.4. The van der Waals surface area contributed by atoms with E-state index in [1.807, 2.05) is 0 Å². The lowest BCUT2D eigenvalue weighted by Crippen LogP contribution is -2.28. The largest absolute Gasteiger partial charge is 0.298 e. The number of hydrazone groups is 1. The van der Waals surface area contributed by atoms with E-state index in [9.17, 15) is 9.18 Å². The molecule has 7 heteroatoms. The number of carbonyl (C=O) groups is 1. The fourth-order valence-electron chi connectivity index (χ4n) is 3.08. The number of halogens is 1. The highest BCUT2D eigenvalue weighted by Gasteiger charge is 2.29. The summed E-state index contributed by atoms with van der Waals surface area (Å²) in [6.07, 6.45) is 5.33. The van der Waals surface area contributed by atoms with Gasteiger partial charge in [0, 0.05) is 18.2 Å². The molecule has 3 atom stereocenters. The average molecular weight is 343 g/mol. The molecule has 3 rings (SSSR count). The van der Waals surface area contributed by atoms with E-state index in [-0.39, 0.29) is 17.1 Å². The normalized spacial score (nSPS) is 32.1. The zero-order valence-corrected chi connectivity index (χ0v) is 14.2. The number of nitrogens with zero attached hydrogens (tertiary/aromatic N) is 2. The predicted molar refractivity (Wildman–Crippen MR) is 92.4 cm³/mol. The van der Waals surface area contributed by atoms with Crippen molar-refractivity contribution >= 4 is 39.4 Å². The van der Waals surface area contributed by atoms with Crippen LogP contribution in [-0.4, -0.2) is 39.7 Å². The van der Waals surface area contributed by atoms with Crippen LogP contribution in [0.1, 0.15) is 44.9 Å². The van der Waals surface area contributed by atoms with Crippen molar-refractivity contribution in [2.45, 2.75) is 56.5 Å². The van der Waals surface area contributed by atoms with Crippen LogP contribution in [0.2, 0.25) is 0 Å². The van der Waals surface area contributed by atoms with E-state index >= 15 is 0 Å². The number of aliphatic imine (C=N–C) groups is 1. The van der Waals surface area contributed by atoms with Crippen LogP contribution in [-0.2, 0) is 4.79 Å². The van der Waals surface area contributed by atoms with Crippen LogP contribution in [0.3, 0.4) is 0 Å². The molecule has 1 aliphatic carbocycles. The van der Waals surface area contributed by atoms with Gasteiger partial charge in [0.2, 0.25) is 0 Å².